The first-order chi connectivity index (χ1) is 17.0. The second-order valence-corrected chi connectivity index (χ2v) is 8.68. The van der Waals surface area contributed by atoms with Gasteiger partial charge in [0.25, 0.3) is 5.91 Å². The van der Waals surface area contributed by atoms with E-state index in [0.29, 0.717) is 12.2 Å². The molecule has 0 unspecified atom stereocenters. The number of Topliss-reactive ketones (excluding diaryl/α,β-unsaturated/α-hetero) is 1. The van der Waals surface area contributed by atoms with Crippen LogP contribution in [0.5, 0.6) is 5.75 Å². The van der Waals surface area contributed by atoms with Crippen LogP contribution in [0, 0.1) is 17.2 Å². The maximum atomic E-state index is 13.2. The van der Waals surface area contributed by atoms with E-state index >= 15 is 0 Å². The molecule has 35 heavy (non-hydrogen) atoms. The number of pyridine rings is 1. The maximum Gasteiger partial charge on any atom is 0.268 e. The van der Waals surface area contributed by atoms with Crippen LogP contribution in [0.25, 0.3) is 10.9 Å². The first-order valence-corrected chi connectivity index (χ1v) is 11.6. The lowest BCUT2D eigenvalue weighted by atomic mass is 9.97. The van der Waals surface area contributed by atoms with E-state index in [-0.39, 0.29) is 30.2 Å². The maximum absolute atomic E-state index is 13.2. The molecule has 2 aromatic heterocycles. The molecule has 0 bridgehead atoms. The van der Waals surface area contributed by atoms with E-state index in [1.807, 2.05) is 18.2 Å². The number of aromatic nitrogens is 2. The highest BCUT2D eigenvalue weighted by atomic mass is 16.5. The van der Waals surface area contributed by atoms with Crippen molar-refractivity contribution in [3.8, 4) is 11.8 Å². The molecule has 0 saturated heterocycles. The average Bonchev–Trinajstić information content (AvgIpc) is 3.49. The normalized spacial score (nSPS) is 16.9. The molecule has 9 heteroatoms. The minimum atomic E-state index is -0.949. The van der Waals surface area contributed by atoms with Crippen molar-refractivity contribution in [2.24, 2.45) is 5.92 Å². The van der Waals surface area contributed by atoms with Gasteiger partial charge in [-0.15, -0.1) is 0 Å². The third-order valence-corrected chi connectivity index (χ3v) is 6.30. The van der Waals surface area contributed by atoms with E-state index in [0.717, 1.165) is 29.3 Å². The molecule has 4 rings (SSSR count). The lowest BCUT2D eigenvalue weighted by molar-refractivity contribution is -0.124. The minimum Gasteiger partial charge on any atom is -0.496 e. The molecule has 3 N–H and O–H groups in total. The Kier molecular flexibility index (Phi) is 7.41. The molecule has 1 aromatic carbocycles. The van der Waals surface area contributed by atoms with E-state index < -0.39 is 23.9 Å². The van der Waals surface area contributed by atoms with Gasteiger partial charge in [-0.2, -0.15) is 5.26 Å². The lowest BCUT2D eigenvalue weighted by Gasteiger charge is -2.21. The summed E-state index contributed by atoms with van der Waals surface area (Å²) < 4.78 is 5.36. The van der Waals surface area contributed by atoms with E-state index in [2.05, 4.69) is 26.7 Å². The number of rotatable bonds is 9. The predicted octanol–water partition coefficient (Wildman–Crippen LogP) is 2.68. The predicted molar refractivity (Wildman–Crippen MR) is 129 cm³/mol. The molecule has 1 aliphatic rings. The van der Waals surface area contributed by atoms with Crippen LogP contribution in [0.4, 0.5) is 0 Å². The molecule has 9 nitrogen and oxygen atoms in total. The third kappa shape index (κ3) is 5.66. The first kappa shape index (κ1) is 24.0. The van der Waals surface area contributed by atoms with E-state index in [1.54, 1.807) is 37.7 Å². The van der Waals surface area contributed by atoms with Crippen LogP contribution in [0.15, 0.2) is 48.8 Å². The summed E-state index contributed by atoms with van der Waals surface area (Å²) in [5.74, 6) is -0.415. The van der Waals surface area contributed by atoms with Gasteiger partial charge in [-0.3, -0.25) is 19.4 Å². The summed E-state index contributed by atoms with van der Waals surface area (Å²) in [4.78, 5) is 45.5. The lowest BCUT2D eigenvalue weighted by Crippen LogP contribution is -2.51. The average molecular weight is 474 g/mol. The van der Waals surface area contributed by atoms with Crippen molar-refractivity contribution < 1.29 is 19.1 Å². The molecular weight excluding hydrogens is 446 g/mol. The molecule has 3 aromatic rings. The molecule has 1 fully saturated rings. The van der Waals surface area contributed by atoms with Gasteiger partial charge < -0.3 is 20.4 Å². The van der Waals surface area contributed by atoms with Gasteiger partial charge in [0.15, 0.2) is 0 Å². The Bertz CT molecular complexity index is 1260. The Morgan fingerprint density at radius 1 is 1.29 bits per heavy atom. The number of amides is 2. The molecular formula is C26H27N5O4. The van der Waals surface area contributed by atoms with Crippen LogP contribution >= 0.6 is 0 Å². The number of fused-ring (bicyclic) bond motifs is 1. The van der Waals surface area contributed by atoms with Crippen molar-refractivity contribution in [3.63, 3.8) is 0 Å². The number of hydrogen-bond acceptors (Lipinski definition) is 6. The number of ketones is 1. The van der Waals surface area contributed by atoms with Gasteiger partial charge >= 0.3 is 0 Å². The zero-order valence-corrected chi connectivity index (χ0v) is 19.4. The molecule has 180 valence electrons. The summed E-state index contributed by atoms with van der Waals surface area (Å²) in [6, 6.07) is 11.0. The van der Waals surface area contributed by atoms with E-state index in [4.69, 9.17) is 4.74 Å². The number of nitriles is 1. The fourth-order valence-corrected chi connectivity index (χ4v) is 4.47. The summed E-state index contributed by atoms with van der Waals surface area (Å²) in [6.07, 6.45) is 5.77. The van der Waals surface area contributed by atoms with Gasteiger partial charge in [-0.25, -0.2) is 0 Å². The van der Waals surface area contributed by atoms with E-state index in [9.17, 15) is 19.6 Å². The van der Waals surface area contributed by atoms with Crippen molar-refractivity contribution in [3.05, 3.63) is 60.0 Å². The zero-order chi connectivity index (χ0) is 24.8. The quantitative estimate of drug-likeness (QED) is 0.437. The number of methoxy groups -OCH3 is 1. The fourth-order valence-electron chi connectivity index (χ4n) is 4.47. The monoisotopic (exact) mass is 473 g/mol. The molecule has 1 saturated carbocycles. The van der Waals surface area contributed by atoms with Crippen LogP contribution in [-0.2, 0) is 16.0 Å². The number of carbonyl (C=O) groups is 3. The van der Waals surface area contributed by atoms with E-state index in [1.165, 1.54) is 0 Å². The van der Waals surface area contributed by atoms with Gasteiger partial charge in [0.05, 0.1) is 13.2 Å². The zero-order valence-electron chi connectivity index (χ0n) is 19.4. The molecule has 1 aliphatic carbocycles. The van der Waals surface area contributed by atoms with Gasteiger partial charge in [-0.05, 0) is 49.1 Å². The topological polar surface area (TPSA) is 137 Å². The molecule has 0 radical (unpaired) electrons. The first-order valence-electron chi connectivity index (χ1n) is 11.6. The Hall–Kier alpha value is -4.19. The number of benzene rings is 1. The number of H-pyrrole nitrogens is 1. The van der Waals surface area contributed by atoms with Gasteiger partial charge in [0, 0.05) is 42.1 Å². The largest absolute Gasteiger partial charge is 0.496 e. The fraction of sp³-hybridized carbons (Fsp3) is 0.346. The van der Waals surface area contributed by atoms with Gasteiger partial charge in [-0.1, -0.05) is 12.1 Å². The van der Waals surface area contributed by atoms with Crippen LogP contribution in [0.1, 0.15) is 41.7 Å². The number of hydrogen-bond donors (Lipinski definition) is 3. The minimum absolute atomic E-state index is 0.133. The van der Waals surface area contributed by atoms with Crippen molar-refractivity contribution >= 4 is 28.5 Å². The second kappa shape index (κ2) is 10.8. The van der Waals surface area contributed by atoms with Crippen molar-refractivity contribution in [1.29, 1.82) is 5.26 Å². The summed E-state index contributed by atoms with van der Waals surface area (Å²) in [5.41, 5.74) is 1.76. The number of nitrogens with one attached hydrogen (secondary N) is 3. The van der Waals surface area contributed by atoms with Crippen LogP contribution in [-0.4, -0.2) is 46.8 Å². The Morgan fingerprint density at radius 2 is 2.14 bits per heavy atom. The third-order valence-electron chi connectivity index (χ3n) is 6.30. The van der Waals surface area contributed by atoms with Crippen LogP contribution in [0.3, 0.4) is 0 Å². The summed E-state index contributed by atoms with van der Waals surface area (Å²) in [7, 11) is 1.56. The number of ether oxygens (including phenoxy) is 1. The highest BCUT2D eigenvalue weighted by Crippen LogP contribution is 2.27. The second-order valence-electron chi connectivity index (χ2n) is 8.68. The van der Waals surface area contributed by atoms with Crippen molar-refractivity contribution in [2.75, 3.05) is 7.11 Å². The van der Waals surface area contributed by atoms with Crippen molar-refractivity contribution in [1.82, 2.24) is 20.6 Å². The van der Waals surface area contributed by atoms with Crippen molar-refractivity contribution in [2.45, 2.75) is 44.2 Å². The molecule has 0 aliphatic heterocycles. The van der Waals surface area contributed by atoms with Gasteiger partial charge in [0.2, 0.25) is 5.91 Å². The summed E-state index contributed by atoms with van der Waals surface area (Å²) in [5, 5.41) is 15.8. The standard InChI is InChI=1S/C26H27N5O4/c1-35-24-9-3-7-20-19(24)13-22(30-20)26(34)31-21(11-16-5-4-10-28-15-16)25(33)29-18(14-27)12-17-6-2-8-23(17)32/h3-5,7,9-10,13,15,17-18,21,30H,2,6,8,11-12H2,1H3,(H,29,33)(H,31,34)/t17-,18-,21-/m0/s1. The molecule has 0 spiro atoms. The molecule has 2 heterocycles. The summed E-state index contributed by atoms with van der Waals surface area (Å²) in [6.45, 7) is 0. The van der Waals surface area contributed by atoms with Crippen LogP contribution in [0.2, 0.25) is 0 Å². The molecule has 2 amide bonds. The highest BCUT2D eigenvalue weighted by Gasteiger charge is 2.30. The highest BCUT2D eigenvalue weighted by molar-refractivity contribution is 6.01. The SMILES string of the molecule is COc1cccc2[nH]c(C(=O)N[C@@H](Cc3cccnc3)C(=O)N[C@H](C#N)C[C@@H]3CCCC3=O)cc12. The Balaban J connectivity index is 1.52. The number of carbonyl (C=O) groups excluding carboxylic acids is 3. The molecule has 3 atom stereocenters. The van der Waals surface area contributed by atoms with Crippen LogP contribution < -0.4 is 15.4 Å². The smallest absolute Gasteiger partial charge is 0.268 e. The van der Waals surface area contributed by atoms with Gasteiger partial charge in [0.1, 0.15) is 29.3 Å². The number of nitrogens with zero attached hydrogens (tertiary/aromatic N) is 2. The Morgan fingerprint density at radius 3 is 2.83 bits per heavy atom. The Labute approximate surface area is 202 Å². The number of aromatic amines is 1. The summed E-state index contributed by atoms with van der Waals surface area (Å²) >= 11 is 0.